The third-order valence-electron chi connectivity index (χ3n) is 2.88. The van der Waals surface area contributed by atoms with Gasteiger partial charge in [0.1, 0.15) is 18.9 Å². The number of nitrogens with one attached hydrogen (secondary N) is 1. The molecule has 0 aliphatic carbocycles. The predicted molar refractivity (Wildman–Crippen MR) is 77.4 cm³/mol. The molecule has 0 aliphatic rings. The van der Waals surface area contributed by atoms with Gasteiger partial charge in [-0.25, -0.2) is 9.67 Å². The molecule has 0 saturated carbocycles. The van der Waals surface area contributed by atoms with Gasteiger partial charge in [0.25, 0.3) is 5.82 Å². The Morgan fingerprint density at radius 2 is 2.10 bits per heavy atom. The standard InChI is InChI=1S/C14H16N6O/c1-19(2)12-5-3-11(4-6-12)8-16-14(21)9-20-10-17-13(7-15)18-20/h3-6,10H,8-9H2,1-2H3,(H,16,21). The van der Waals surface area contributed by atoms with Crippen molar-refractivity contribution in [2.75, 3.05) is 19.0 Å². The van der Waals surface area contributed by atoms with Crippen LogP contribution in [0, 0.1) is 11.3 Å². The van der Waals surface area contributed by atoms with Crippen molar-refractivity contribution in [3.63, 3.8) is 0 Å². The van der Waals surface area contributed by atoms with Crippen molar-refractivity contribution in [1.82, 2.24) is 20.1 Å². The average Bonchev–Trinajstić information content (AvgIpc) is 2.93. The van der Waals surface area contributed by atoms with E-state index in [9.17, 15) is 4.79 Å². The van der Waals surface area contributed by atoms with Crippen LogP contribution in [0.1, 0.15) is 11.4 Å². The number of nitrogens with zero attached hydrogens (tertiary/aromatic N) is 5. The Kier molecular flexibility index (Phi) is 4.51. The zero-order chi connectivity index (χ0) is 15.2. The molecule has 0 bridgehead atoms. The number of hydrogen-bond acceptors (Lipinski definition) is 5. The van der Waals surface area contributed by atoms with Crippen molar-refractivity contribution in [2.45, 2.75) is 13.1 Å². The number of nitriles is 1. The number of carbonyl (C=O) groups excluding carboxylic acids is 1. The molecule has 21 heavy (non-hydrogen) atoms. The Morgan fingerprint density at radius 1 is 1.38 bits per heavy atom. The van der Waals surface area contributed by atoms with Crippen molar-refractivity contribution in [1.29, 1.82) is 5.26 Å². The first-order valence-electron chi connectivity index (χ1n) is 6.41. The highest BCUT2D eigenvalue weighted by molar-refractivity contribution is 5.75. The molecular formula is C14H16N6O. The predicted octanol–water partition coefficient (Wildman–Crippen LogP) is 0.532. The van der Waals surface area contributed by atoms with E-state index in [1.807, 2.05) is 49.3 Å². The maximum atomic E-state index is 11.8. The van der Waals surface area contributed by atoms with E-state index in [0.29, 0.717) is 6.54 Å². The summed E-state index contributed by atoms with van der Waals surface area (Å²) >= 11 is 0. The third-order valence-corrected chi connectivity index (χ3v) is 2.88. The van der Waals surface area contributed by atoms with Crippen molar-refractivity contribution in [2.24, 2.45) is 0 Å². The van der Waals surface area contributed by atoms with E-state index < -0.39 is 0 Å². The lowest BCUT2D eigenvalue weighted by atomic mass is 10.2. The zero-order valence-electron chi connectivity index (χ0n) is 11.9. The minimum Gasteiger partial charge on any atom is -0.378 e. The normalized spacial score (nSPS) is 9.95. The molecule has 0 spiro atoms. The lowest BCUT2D eigenvalue weighted by Crippen LogP contribution is -2.27. The Hall–Kier alpha value is -2.88. The Bertz CT molecular complexity index is 653. The number of rotatable bonds is 5. The van der Waals surface area contributed by atoms with Crippen LogP contribution < -0.4 is 10.2 Å². The molecule has 7 nitrogen and oxygen atoms in total. The first kappa shape index (κ1) is 14.5. The number of carbonyl (C=O) groups is 1. The van der Waals surface area contributed by atoms with Crippen LogP contribution >= 0.6 is 0 Å². The van der Waals surface area contributed by atoms with Gasteiger partial charge in [-0.3, -0.25) is 4.79 Å². The molecule has 1 amide bonds. The van der Waals surface area contributed by atoms with Crippen LogP contribution in [0.3, 0.4) is 0 Å². The van der Waals surface area contributed by atoms with E-state index in [-0.39, 0.29) is 18.3 Å². The fourth-order valence-electron chi connectivity index (χ4n) is 1.74. The van der Waals surface area contributed by atoms with Gasteiger partial charge in [-0.05, 0) is 17.7 Å². The number of amides is 1. The lowest BCUT2D eigenvalue weighted by Gasteiger charge is -2.12. The van der Waals surface area contributed by atoms with Crippen molar-refractivity contribution in [3.05, 3.63) is 42.0 Å². The van der Waals surface area contributed by atoms with Crippen molar-refractivity contribution < 1.29 is 4.79 Å². The number of benzene rings is 1. The van der Waals surface area contributed by atoms with E-state index in [4.69, 9.17) is 5.26 Å². The van der Waals surface area contributed by atoms with Gasteiger partial charge in [0.2, 0.25) is 5.91 Å². The monoisotopic (exact) mass is 284 g/mol. The quantitative estimate of drug-likeness (QED) is 0.865. The molecule has 1 N–H and O–H groups in total. The van der Waals surface area contributed by atoms with Gasteiger partial charge in [0.05, 0.1) is 0 Å². The molecule has 2 rings (SSSR count). The smallest absolute Gasteiger partial charge is 0.252 e. The molecule has 108 valence electrons. The number of hydrogen-bond donors (Lipinski definition) is 1. The Morgan fingerprint density at radius 3 is 2.67 bits per heavy atom. The highest BCUT2D eigenvalue weighted by Crippen LogP contribution is 2.11. The van der Waals surface area contributed by atoms with E-state index in [2.05, 4.69) is 15.4 Å². The Labute approximate surface area is 122 Å². The van der Waals surface area contributed by atoms with Crippen LogP contribution in [0.2, 0.25) is 0 Å². The minimum atomic E-state index is -0.180. The number of anilines is 1. The summed E-state index contributed by atoms with van der Waals surface area (Å²) in [5, 5.41) is 15.2. The van der Waals surface area contributed by atoms with Gasteiger partial charge in [-0.15, -0.1) is 5.10 Å². The summed E-state index contributed by atoms with van der Waals surface area (Å²) in [5.74, 6) is -0.122. The summed E-state index contributed by atoms with van der Waals surface area (Å²) in [6.07, 6.45) is 1.37. The van der Waals surface area contributed by atoms with E-state index in [1.165, 1.54) is 11.0 Å². The minimum absolute atomic E-state index is 0.0461. The van der Waals surface area contributed by atoms with Crippen LogP contribution in [0.5, 0.6) is 0 Å². The van der Waals surface area contributed by atoms with Gasteiger partial charge in [0.15, 0.2) is 0 Å². The molecule has 1 heterocycles. The highest BCUT2D eigenvalue weighted by Gasteiger charge is 2.05. The second-order valence-electron chi connectivity index (χ2n) is 4.72. The SMILES string of the molecule is CN(C)c1ccc(CNC(=O)Cn2cnc(C#N)n2)cc1. The molecule has 0 atom stereocenters. The highest BCUT2D eigenvalue weighted by atomic mass is 16.2. The second-order valence-corrected chi connectivity index (χ2v) is 4.72. The van der Waals surface area contributed by atoms with Gasteiger partial charge in [-0.1, -0.05) is 12.1 Å². The van der Waals surface area contributed by atoms with Crippen LogP contribution in [0.25, 0.3) is 0 Å². The molecule has 2 aromatic rings. The average molecular weight is 284 g/mol. The molecule has 0 aliphatic heterocycles. The topological polar surface area (TPSA) is 86.8 Å². The maximum Gasteiger partial charge on any atom is 0.252 e. The van der Waals surface area contributed by atoms with Gasteiger partial charge >= 0.3 is 0 Å². The summed E-state index contributed by atoms with van der Waals surface area (Å²) in [6.45, 7) is 0.497. The first-order chi connectivity index (χ1) is 10.1. The fraction of sp³-hybridized carbons (Fsp3) is 0.286. The lowest BCUT2D eigenvalue weighted by molar-refractivity contribution is -0.122. The molecular weight excluding hydrogens is 268 g/mol. The Balaban J connectivity index is 1.85. The summed E-state index contributed by atoms with van der Waals surface area (Å²) in [4.78, 5) is 17.5. The van der Waals surface area contributed by atoms with Crippen LogP contribution in [0.15, 0.2) is 30.6 Å². The maximum absolute atomic E-state index is 11.8. The molecule has 7 heteroatoms. The van der Waals surface area contributed by atoms with Crippen LogP contribution in [-0.2, 0) is 17.9 Å². The summed E-state index contributed by atoms with van der Waals surface area (Å²) in [5.41, 5.74) is 2.13. The van der Waals surface area contributed by atoms with Crippen molar-refractivity contribution in [3.8, 4) is 6.07 Å². The van der Waals surface area contributed by atoms with E-state index in [1.54, 1.807) is 0 Å². The van der Waals surface area contributed by atoms with Crippen molar-refractivity contribution >= 4 is 11.6 Å². The molecule has 1 aromatic heterocycles. The fourth-order valence-corrected chi connectivity index (χ4v) is 1.74. The summed E-state index contributed by atoms with van der Waals surface area (Å²) in [6, 6.07) is 9.75. The molecule has 1 aromatic carbocycles. The van der Waals surface area contributed by atoms with Crippen LogP contribution in [-0.4, -0.2) is 34.8 Å². The first-order valence-corrected chi connectivity index (χ1v) is 6.41. The molecule has 0 fully saturated rings. The van der Waals surface area contributed by atoms with Gasteiger partial charge < -0.3 is 10.2 Å². The second kappa shape index (κ2) is 6.52. The summed E-state index contributed by atoms with van der Waals surface area (Å²) < 4.78 is 1.34. The van der Waals surface area contributed by atoms with E-state index >= 15 is 0 Å². The third kappa shape index (κ3) is 4.04. The largest absolute Gasteiger partial charge is 0.378 e. The molecule has 0 radical (unpaired) electrons. The summed E-state index contributed by atoms with van der Waals surface area (Å²) in [7, 11) is 3.95. The van der Waals surface area contributed by atoms with Gasteiger partial charge in [-0.2, -0.15) is 5.26 Å². The van der Waals surface area contributed by atoms with Crippen LogP contribution in [0.4, 0.5) is 5.69 Å². The van der Waals surface area contributed by atoms with E-state index in [0.717, 1.165) is 11.3 Å². The molecule has 0 saturated heterocycles. The number of aromatic nitrogens is 3. The molecule has 0 unspecified atom stereocenters. The zero-order valence-corrected chi connectivity index (χ0v) is 11.9. The van der Waals surface area contributed by atoms with Gasteiger partial charge in [0, 0.05) is 26.3 Å².